The first-order chi connectivity index (χ1) is 6.61. The average molecular weight is 225 g/mol. The fraction of sp³-hybridized carbons (Fsp3) is 0.625. The van der Waals surface area contributed by atoms with Crippen LogP contribution in [0.2, 0.25) is 5.15 Å². The molecular weight excluding hydrogens is 214 g/mol. The zero-order chi connectivity index (χ0) is 10.7. The van der Waals surface area contributed by atoms with E-state index in [9.17, 15) is 8.78 Å². The molecule has 1 aromatic heterocycles. The lowest BCUT2D eigenvalue weighted by Crippen LogP contribution is -1.99. The molecule has 3 nitrogen and oxygen atoms in total. The van der Waals surface area contributed by atoms with Gasteiger partial charge in [0.05, 0.1) is 6.61 Å². The van der Waals surface area contributed by atoms with Gasteiger partial charge in [0.2, 0.25) is 0 Å². The number of hydrogen-bond donors (Lipinski definition) is 1. The molecule has 1 aromatic rings. The van der Waals surface area contributed by atoms with Crippen LogP contribution in [0.3, 0.4) is 0 Å². The summed E-state index contributed by atoms with van der Waals surface area (Å²) in [5.74, 6) is 0. The van der Waals surface area contributed by atoms with Crippen molar-refractivity contribution in [1.82, 2.24) is 9.78 Å². The van der Waals surface area contributed by atoms with Gasteiger partial charge in [-0.05, 0) is 6.42 Å². The highest BCUT2D eigenvalue weighted by Crippen LogP contribution is 2.27. The SMILES string of the molecule is CCCn1nc(C(F)F)c(CO)c1Cl. The second kappa shape index (κ2) is 4.70. The van der Waals surface area contributed by atoms with E-state index in [2.05, 4.69) is 5.10 Å². The highest BCUT2D eigenvalue weighted by Gasteiger charge is 2.21. The van der Waals surface area contributed by atoms with Crippen LogP contribution in [0.15, 0.2) is 0 Å². The van der Waals surface area contributed by atoms with Crippen molar-refractivity contribution in [2.45, 2.75) is 32.9 Å². The van der Waals surface area contributed by atoms with Crippen molar-refractivity contribution in [3.8, 4) is 0 Å². The monoisotopic (exact) mass is 224 g/mol. The fourth-order valence-corrected chi connectivity index (χ4v) is 1.46. The van der Waals surface area contributed by atoms with Gasteiger partial charge in [0.15, 0.2) is 0 Å². The molecule has 0 saturated heterocycles. The highest BCUT2D eigenvalue weighted by atomic mass is 35.5. The Bertz CT molecular complexity index is 315. The maximum Gasteiger partial charge on any atom is 0.282 e. The normalized spacial score (nSPS) is 11.3. The minimum Gasteiger partial charge on any atom is -0.391 e. The molecule has 80 valence electrons. The maximum atomic E-state index is 12.4. The summed E-state index contributed by atoms with van der Waals surface area (Å²) in [6.07, 6.45) is -1.96. The molecule has 0 aromatic carbocycles. The summed E-state index contributed by atoms with van der Waals surface area (Å²) in [5.41, 5.74) is -0.402. The molecule has 0 spiro atoms. The Balaban J connectivity index is 3.11. The predicted octanol–water partition coefficient (Wildman–Crippen LogP) is 2.38. The molecule has 0 unspecified atom stereocenters. The van der Waals surface area contributed by atoms with Gasteiger partial charge in [0.25, 0.3) is 6.43 Å². The Morgan fingerprint density at radius 3 is 2.57 bits per heavy atom. The minimum absolute atomic E-state index is 0.0233. The molecule has 0 fully saturated rings. The molecule has 14 heavy (non-hydrogen) atoms. The van der Waals surface area contributed by atoms with E-state index in [1.54, 1.807) is 0 Å². The molecule has 1 N–H and O–H groups in total. The van der Waals surface area contributed by atoms with Gasteiger partial charge in [0.1, 0.15) is 10.8 Å². The molecule has 0 radical (unpaired) electrons. The molecule has 0 aliphatic heterocycles. The Labute approximate surface area is 85.3 Å². The second-order valence-corrected chi connectivity index (χ2v) is 3.19. The van der Waals surface area contributed by atoms with E-state index in [1.165, 1.54) is 4.68 Å². The van der Waals surface area contributed by atoms with Gasteiger partial charge < -0.3 is 5.11 Å². The predicted molar refractivity (Wildman–Crippen MR) is 48.4 cm³/mol. The van der Waals surface area contributed by atoms with Crippen LogP contribution in [0.5, 0.6) is 0 Å². The Kier molecular flexibility index (Phi) is 3.83. The van der Waals surface area contributed by atoms with Crippen LogP contribution in [-0.2, 0) is 13.2 Å². The van der Waals surface area contributed by atoms with Crippen molar-refractivity contribution < 1.29 is 13.9 Å². The number of aryl methyl sites for hydroxylation is 1. The highest BCUT2D eigenvalue weighted by molar-refractivity contribution is 6.30. The van der Waals surface area contributed by atoms with Crippen LogP contribution in [0, 0.1) is 0 Å². The number of aromatic nitrogens is 2. The largest absolute Gasteiger partial charge is 0.391 e. The van der Waals surface area contributed by atoms with Crippen LogP contribution in [0.4, 0.5) is 8.78 Å². The number of hydrogen-bond acceptors (Lipinski definition) is 2. The Morgan fingerprint density at radius 1 is 1.57 bits per heavy atom. The van der Waals surface area contributed by atoms with Gasteiger partial charge >= 0.3 is 0 Å². The van der Waals surface area contributed by atoms with E-state index in [4.69, 9.17) is 16.7 Å². The topological polar surface area (TPSA) is 38.0 Å². The molecule has 0 saturated carbocycles. The van der Waals surface area contributed by atoms with E-state index >= 15 is 0 Å². The number of nitrogens with zero attached hydrogens (tertiary/aromatic N) is 2. The van der Waals surface area contributed by atoms with Crippen LogP contribution in [-0.4, -0.2) is 14.9 Å². The lowest BCUT2D eigenvalue weighted by atomic mass is 10.3. The Morgan fingerprint density at radius 2 is 2.21 bits per heavy atom. The van der Waals surface area contributed by atoms with E-state index in [1.807, 2.05) is 6.92 Å². The van der Waals surface area contributed by atoms with Gasteiger partial charge in [-0.1, -0.05) is 18.5 Å². The molecule has 1 rings (SSSR count). The number of alkyl halides is 2. The number of aliphatic hydroxyl groups excluding tert-OH is 1. The molecule has 1 heterocycles. The first kappa shape index (κ1) is 11.4. The summed E-state index contributed by atoms with van der Waals surface area (Å²) in [6, 6.07) is 0. The third-order valence-corrected chi connectivity index (χ3v) is 2.24. The molecule has 6 heteroatoms. The molecule has 0 bridgehead atoms. The maximum absolute atomic E-state index is 12.4. The molecular formula is C8H11ClF2N2O. The van der Waals surface area contributed by atoms with Gasteiger partial charge in [-0.3, -0.25) is 4.68 Å². The lowest BCUT2D eigenvalue weighted by molar-refractivity contribution is 0.141. The zero-order valence-corrected chi connectivity index (χ0v) is 8.43. The quantitative estimate of drug-likeness (QED) is 0.853. The summed E-state index contributed by atoms with van der Waals surface area (Å²) in [6.45, 7) is 1.85. The second-order valence-electron chi connectivity index (χ2n) is 2.84. The molecule has 0 aliphatic carbocycles. The van der Waals surface area contributed by atoms with Gasteiger partial charge in [0, 0.05) is 12.1 Å². The van der Waals surface area contributed by atoms with Crippen molar-refractivity contribution in [1.29, 1.82) is 0 Å². The standard InChI is InChI=1S/C8H11ClF2N2O/c1-2-3-13-7(9)5(4-14)6(12-13)8(10)11/h8,14H,2-4H2,1H3. The number of aliphatic hydroxyl groups is 1. The van der Waals surface area contributed by atoms with Crippen LogP contribution < -0.4 is 0 Å². The average Bonchev–Trinajstić information content (AvgIpc) is 2.44. The summed E-state index contributed by atoms with van der Waals surface area (Å²) in [4.78, 5) is 0. The Hall–Kier alpha value is -0.680. The summed E-state index contributed by atoms with van der Waals surface area (Å²) in [5, 5.41) is 12.6. The minimum atomic E-state index is -2.70. The van der Waals surface area contributed by atoms with Crippen molar-refractivity contribution >= 4 is 11.6 Å². The van der Waals surface area contributed by atoms with E-state index in [0.29, 0.717) is 6.54 Å². The number of halogens is 3. The first-order valence-electron chi connectivity index (χ1n) is 4.25. The van der Waals surface area contributed by atoms with E-state index in [0.717, 1.165) is 6.42 Å². The zero-order valence-electron chi connectivity index (χ0n) is 7.67. The lowest BCUT2D eigenvalue weighted by Gasteiger charge is -1.98. The van der Waals surface area contributed by atoms with Gasteiger partial charge in [-0.2, -0.15) is 5.10 Å². The molecule has 0 atom stereocenters. The summed E-state index contributed by atoms with van der Waals surface area (Å²) < 4.78 is 26.1. The van der Waals surface area contributed by atoms with Crippen molar-refractivity contribution in [2.75, 3.05) is 0 Å². The summed E-state index contributed by atoms with van der Waals surface area (Å²) >= 11 is 5.76. The van der Waals surface area contributed by atoms with Crippen molar-refractivity contribution in [3.05, 3.63) is 16.4 Å². The third kappa shape index (κ3) is 2.04. The summed E-state index contributed by atoms with van der Waals surface area (Å²) in [7, 11) is 0. The number of rotatable bonds is 4. The van der Waals surface area contributed by atoms with Crippen molar-refractivity contribution in [3.63, 3.8) is 0 Å². The third-order valence-electron chi connectivity index (χ3n) is 1.81. The molecule has 0 amide bonds. The van der Waals surface area contributed by atoms with Crippen LogP contribution >= 0.6 is 11.6 Å². The van der Waals surface area contributed by atoms with Crippen LogP contribution in [0.1, 0.15) is 31.0 Å². The smallest absolute Gasteiger partial charge is 0.282 e. The van der Waals surface area contributed by atoms with Gasteiger partial charge in [-0.15, -0.1) is 0 Å². The van der Waals surface area contributed by atoms with Gasteiger partial charge in [-0.25, -0.2) is 8.78 Å². The van der Waals surface area contributed by atoms with E-state index in [-0.39, 0.29) is 10.7 Å². The van der Waals surface area contributed by atoms with Crippen molar-refractivity contribution in [2.24, 2.45) is 0 Å². The fourth-order valence-electron chi connectivity index (χ4n) is 1.18. The van der Waals surface area contributed by atoms with E-state index < -0.39 is 18.7 Å². The first-order valence-corrected chi connectivity index (χ1v) is 4.63. The molecule has 0 aliphatic rings. The van der Waals surface area contributed by atoms with Crippen LogP contribution in [0.25, 0.3) is 0 Å².